The number of benzene rings is 1. The topological polar surface area (TPSA) is 132 Å². The van der Waals surface area contributed by atoms with Crippen molar-refractivity contribution in [2.24, 2.45) is 5.92 Å². The van der Waals surface area contributed by atoms with Crippen LogP contribution in [0.3, 0.4) is 0 Å². The molecular weight excluding hydrogens is 448 g/mol. The number of aromatic hydroxyl groups is 1. The fourth-order valence-corrected chi connectivity index (χ4v) is 3.67. The highest BCUT2D eigenvalue weighted by atomic mass is 16.6. The van der Waals surface area contributed by atoms with E-state index in [0.29, 0.717) is 6.42 Å². The third-order valence-electron chi connectivity index (χ3n) is 5.58. The fraction of sp³-hybridized carbons (Fsp3) is 0.615. The summed E-state index contributed by atoms with van der Waals surface area (Å²) in [4.78, 5) is 40.9. The number of carbonyl (C=O) groups excluding carboxylic acids is 3. The van der Waals surface area contributed by atoms with Gasteiger partial charge in [-0.1, -0.05) is 51.8 Å². The molecule has 1 aromatic rings. The predicted octanol–water partition coefficient (Wildman–Crippen LogP) is 4.03. The lowest BCUT2D eigenvalue weighted by molar-refractivity contribution is -0.143. The summed E-state index contributed by atoms with van der Waals surface area (Å²) in [6, 6.07) is 5.68. The van der Waals surface area contributed by atoms with Gasteiger partial charge in [0.2, 0.25) is 11.8 Å². The molecule has 194 valence electrons. The Hall–Kier alpha value is -3.28. The van der Waals surface area contributed by atoms with Crippen molar-refractivity contribution in [1.82, 2.24) is 15.5 Å². The number of para-hydroxylation sites is 1. The lowest BCUT2D eigenvalue weighted by atomic mass is 9.95. The van der Waals surface area contributed by atoms with Crippen molar-refractivity contribution in [3.05, 3.63) is 29.8 Å². The number of alkyl carbamates (subject to hydrolysis) is 1. The Morgan fingerprint density at radius 1 is 1.14 bits per heavy atom. The highest BCUT2D eigenvalue weighted by Gasteiger charge is 2.39. The Morgan fingerprint density at radius 3 is 2.29 bits per heavy atom. The van der Waals surface area contributed by atoms with Crippen LogP contribution in [-0.2, 0) is 14.3 Å². The molecule has 0 fully saturated rings. The molecule has 4 unspecified atom stereocenters. The minimum atomic E-state index is -1.27. The van der Waals surface area contributed by atoms with E-state index in [-0.39, 0.29) is 23.3 Å². The molecule has 9 heteroatoms. The Balaban J connectivity index is 3.49. The highest BCUT2D eigenvalue weighted by molar-refractivity contribution is 5.93. The van der Waals surface area contributed by atoms with Crippen LogP contribution in [0, 0.1) is 17.2 Å². The minimum absolute atomic E-state index is 0.174. The Morgan fingerprint density at radius 2 is 1.77 bits per heavy atom. The van der Waals surface area contributed by atoms with Crippen LogP contribution >= 0.6 is 0 Å². The first kappa shape index (κ1) is 29.8. The first-order chi connectivity index (χ1) is 16.4. The molecule has 0 radical (unpaired) electrons. The molecule has 0 aliphatic carbocycles. The molecular formula is C26H40N4O5. The number of ether oxygens (including phenoxy) is 1. The average molecular weight is 489 g/mol. The van der Waals surface area contributed by atoms with Crippen LogP contribution in [0.15, 0.2) is 24.3 Å². The molecule has 0 aliphatic heterocycles. The largest absolute Gasteiger partial charge is 0.508 e. The van der Waals surface area contributed by atoms with Crippen molar-refractivity contribution in [2.45, 2.75) is 91.5 Å². The monoisotopic (exact) mass is 488 g/mol. The summed E-state index contributed by atoms with van der Waals surface area (Å²) in [6.45, 7) is 12.2. The van der Waals surface area contributed by atoms with Crippen LogP contribution in [0.4, 0.5) is 4.79 Å². The summed E-state index contributed by atoms with van der Waals surface area (Å²) in [7, 11) is 0. The van der Waals surface area contributed by atoms with E-state index in [9.17, 15) is 24.8 Å². The van der Waals surface area contributed by atoms with E-state index < -0.39 is 42.1 Å². The SMILES string of the molecule is CCCC(C)NC(=O)C(c1ccccc1O)N(CC#N)C(=O)C(NC(=O)OC(C)(C)C)C(C)CC. The number of nitrogens with zero attached hydrogens (tertiary/aromatic N) is 2. The molecule has 0 saturated carbocycles. The van der Waals surface area contributed by atoms with Gasteiger partial charge in [-0.15, -0.1) is 0 Å². The molecule has 4 atom stereocenters. The van der Waals surface area contributed by atoms with Gasteiger partial charge >= 0.3 is 6.09 Å². The lowest BCUT2D eigenvalue weighted by Crippen LogP contribution is -2.55. The Bertz CT molecular complexity index is 906. The van der Waals surface area contributed by atoms with E-state index in [0.717, 1.165) is 17.7 Å². The maximum atomic E-state index is 13.8. The molecule has 0 saturated heterocycles. The van der Waals surface area contributed by atoms with Crippen molar-refractivity contribution < 1.29 is 24.2 Å². The maximum Gasteiger partial charge on any atom is 0.408 e. The van der Waals surface area contributed by atoms with Crippen LogP contribution in [0.2, 0.25) is 0 Å². The molecule has 0 bridgehead atoms. The summed E-state index contributed by atoms with van der Waals surface area (Å²) in [5.74, 6) is -1.62. The summed E-state index contributed by atoms with van der Waals surface area (Å²) < 4.78 is 5.34. The third kappa shape index (κ3) is 9.12. The first-order valence-electron chi connectivity index (χ1n) is 12.1. The molecule has 0 spiro atoms. The smallest absolute Gasteiger partial charge is 0.408 e. The number of carbonyl (C=O) groups is 3. The van der Waals surface area contributed by atoms with Gasteiger partial charge in [-0.3, -0.25) is 9.59 Å². The average Bonchev–Trinajstić information content (AvgIpc) is 2.76. The van der Waals surface area contributed by atoms with E-state index in [1.54, 1.807) is 45.9 Å². The number of nitrogens with one attached hydrogen (secondary N) is 2. The lowest BCUT2D eigenvalue weighted by Gasteiger charge is -2.35. The van der Waals surface area contributed by atoms with E-state index >= 15 is 0 Å². The zero-order valence-corrected chi connectivity index (χ0v) is 21.9. The van der Waals surface area contributed by atoms with E-state index in [1.165, 1.54) is 6.07 Å². The number of rotatable bonds is 11. The number of hydrogen-bond acceptors (Lipinski definition) is 6. The molecule has 35 heavy (non-hydrogen) atoms. The second-order valence-electron chi connectivity index (χ2n) is 9.79. The van der Waals surface area contributed by atoms with Gasteiger partial charge in [-0.2, -0.15) is 5.26 Å². The molecule has 3 N–H and O–H groups in total. The summed E-state index contributed by atoms with van der Waals surface area (Å²) >= 11 is 0. The Kier molecular flexibility index (Phi) is 11.5. The van der Waals surface area contributed by atoms with Crippen molar-refractivity contribution in [3.63, 3.8) is 0 Å². The van der Waals surface area contributed by atoms with Crippen LogP contribution in [0.25, 0.3) is 0 Å². The molecule has 1 rings (SSSR count). The number of nitriles is 1. The molecule has 1 aromatic carbocycles. The van der Waals surface area contributed by atoms with Gasteiger partial charge in [0.05, 0.1) is 6.07 Å². The van der Waals surface area contributed by atoms with Crippen molar-refractivity contribution in [1.29, 1.82) is 5.26 Å². The van der Waals surface area contributed by atoms with Crippen molar-refractivity contribution in [2.75, 3.05) is 6.54 Å². The highest BCUT2D eigenvalue weighted by Crippen LogP contribution is 2.30. The van der Waals surface area contributed by atoms with Gasteiger partial charge in [-0.25, -0.2) is 4.79 Å². The normalized spacial score (nSPS) is 14.6. The number of phenolic OH excluding ortho intramolecular Hbond substituents is 1. The standard InChI is InChI=1S/C26H40N4O5/c1-8-12-18(4)28-23(32)22(19-13-10-11-14-20(19)31)30(16-15-27)24(33)21(17(3)9-2)29-25(34)35-26(5,6)7/h10-11,13-14,17-18,21-22,31H,8-9,12,16H2,1-7H3,(H,28,32)(H,29,34). The summed E-state index contributed by atoms with van der Waals surface area (Å²) in [5, 5.41) is 25.6. The van der Waals surface area contributed by atoms with E-state index in [2.05, 4.69) is 10.6 Å². The maximum absolute atomic E-state index is 13.8. The minimum Gasteiger partial charge on any atom is -0.508 e. The molecule has 9 nitrogen and oxygen atoms in total. The Labute approximate surface area is 208 Å². The predicted molar refractivity (Wildman–Crippen MR) is 133 cm³/mol. The van der Waals surface area contributed by atoms with Crippen LogP contribution in [-0.4, -0.2) is 52.1 Å². The van der Waals surface area contributed by atoms with Crippen molar-refractivity contribution in [3.8, 4) is 11.8 Å². The van der Waals surface area contributed by atoms with Crippen molar-refractivity contribution >= 4 is 17.9 Å². The second kappa shape index (κ2) is 13.6. The molecule has 0 aromatic heterocycles. The number of phenols is 1. The van der Waals surface area contributed by atoms with E-state index in [4.69, 9.17) is 4.74 Å². The summed E-state index contributed by atoms with van der Waals surface area (Å²) in [6.07, 6.45) is 1.35. The van der Waals surface area contributed by atoms with Gasteiger partial charge in [0.1, 0.15) is 30.0 Å². The molecule has 3 amide bonds. The quantitative estimate of drug-likeness (QED) is 0.403. The number of hydrogen-bond donors (Lipinski definition) is 3. The summed E-state index contributed by atoms with van der Waals surface area (Å²) in [5.41, 5.74) is -0.579. The van der Waals surface area contributed by atoms with Gasteiger partial charge < -0.3 is 25.4 Å². The zero-order chi connectivity index (χ0) is 26.8. The van der Waals surface area contributed by atoms with Crippen LogP contribution in [0.1, 0.15) is 79.3 Å². The van der Waals surface area contributed by atoms with E-state index in [1.807, 2.05) is 26.8 Å². The number of amides is 3. The van der Waals surface area contributed by atoms with Gasteiger partial charge in [0.25, 0.3) is 0 Å². The van der Waals surface area contributed by atoms with Crippen LogP contribution < -0.4 is 10.6 Å². The van der Waals surface area contributed by atoms with Gasteiger partial charge in [0.15, 0.2) is 0 Å². The molecule has 0 aliphatic rings. The van der Waals surface area contributed by atoms with Crippen LogP contribution in [0.5, 0.6) is 5.75 Å². The fourth-order valence-electron chi connectivity index (χ4n) is 3.67. The first-order valence-corrected chi connectivity index (χ1v) is 12.1. The second-order valence-corrected chi connectivity index (χ2v) is 9.79. The zero-order valence-electron chi connectivity index (χ0n) is 21.9. The van der Waals surface area contributed by atoms with Gasteiger partial charge in [0, 0.05) is 11.6 Å². The van der Waals surface area contributed by atoms with Gasteiger partial charge in [-0.05, 0) is 46.1 Å². The molecule has 0 heterocycles. The third-order valence-corrected chi connectivity index (χ3v) is 5.58.